The zero-order valence-corrected chi connectivity index (χ0v) is 17.9. The van der Waals surface area contributed by atoms with E-state index in [4.69, 9.17) is 0 Å². The molecule has 1 saturated heterocycles. The second-order valence-corrected chi connectivity index (χ2v) is 9.24. The van der Waals surface area contributed by atoms with Crippen LogP contribution in [-0.4, -0.2) is 30.8 Å². The van der Waals surface area contributed by atoms with Gasteiger partial charge in [-0.2, -0.15) is 0 Å². The Labute approximate surface area is 190 Å². The SMILES string of the molecule is COC(=O)c1ccc(NC(=O)c2cccc(N3C(=O)[C@H]4[C@@H]5C=C[C@@H]([C@H]6C[C@H]56)[C@@H]4C3=O)c2)cc1. The summed E-state index contributed by atoms with van der Waals surface area (Å²) in [6.45, 7) is 0. The van der Waals surface area contributed by atoms with E-state index in [0.717, 1.165) is 6.42 Å². The Morgan fingerprint density at radius 2 is 1.55 bits per heavy atom. The van der Waals surface area contributed by atoms with Crippen molar-refractivity contribution in [3.8, 4) is 0 Å². The molecule has 5 aliphatic rings. The first-order valence-corrected chi connectivity index (χ1v) is 11.1. The van der Waals surface area contributed by atoms with Crippen molar-refractivity contribution in [2.45, 2.75) is 6.42 Å². The van der Waals surface area contributed by atoms with Crippen LogP contribution in [0.5, 0.6) is 0 Å². The van der Waals surface area contributed by atoms with Gasteiger partial charge in [-0.05, 0) is 72.6 Å². The number of rotatable bonds is 4. The van der Waals surface area contributed by atoms with E-state index in [1.54, 1.807) is 48.5 Å². The van der Waals surface area contributed by atoms with Gasteiger partial charge in [0.25, 0.3) is 5.91 Å². The molecular weight excluding hydrogens is 420 g/mol. The van der Waals surface area contributed by atoms with E-state index in [1.165, 1.54) is 12.0 Å². The molecule has 1 N–H and O–H groups in total. The van der Waals surface area contributed by atoms with Crippen molar-refractivity contribution >= 4 is 35.1 Å². The van der Waals surface area contributed by atoms with Crippen LogP contribution in [0.25, 0.3) is 0 Å². The molecule has 0 radical (unpaired) electrons. The Balaban J connectivity index is 1.23. The summed E-state index contributed by atoms with van der Waals surface area (Å²) in [4.78, 5) is 52.3. The first-order chi connectivity index (χ1) is 16.0. The fraction of sp³-hybridized carbons (Fsp3) is 0.308. The topological polar surface area (TPSA) is 92.8 Å². The largest absolute Gasteiger partial charge is 0.465 e. The molecule has 0 unspecified atom stereocenters. The van der Waals surface area contributed by atoms with Gasteiger partial charge in [-0.15, -0.1) is 0 Å². The lowest BCUT2D eigenvalue weighted by Crippen LogP contribution is -2.40. The van der Waals surface area contributed by atoms with Crippen LogP contribution in [0, 0.1) is 35.5 Å². The molecule has 33 heavy (non-hydrogen) atoms. The molecule has 3 amide bonds. The molecule has 6 atom stereocenters. The number of methoxy groups -OCH3 is 1. The van der Waals surface area contributed by atoms with Crippen molar-refractivity contribution in [3.05, 3.63) is 71.8 Å². The van der Waals surface area contributed by atoms with Gasteiger partial charge < -0.3 is 10.1 Å². The average molecular weight is 442 g/mol. The van der Waals surface area contributed by atoms with Crippen molar-refractivity contribution in [1.29, 1.82) is 0 Å². The monoisotopic (exact) mass is 442 g/mol. The van der Waals surface area contributed by atoms with Gasteiger partial charge in [0, 0.05) is 11.3 Å². The van der Waals surface area contributed by atoms with E-state index >= 15 is 0 Å². The van der Waals surface area contributed by atoms with Crippen LogP contribution in [0.3, 0.4) is 0 Å². The number of anilines is 2. The molecule has 7 nitrogen and oxygen atoms in total. The van der Waals surface area contributed by atoms with Crippen LogP contribution in [0.4, 0.5) is 11.4 Å². The van der Waals surface area contributed by atoms with Crippen molar-refractivity contribution in [1.82, 2.24) is 0 Å². The third-order valence-corrected chi connectivity index (χ3v) is 7.59. The van der Waals surface area contributed by atoms with Crippen LogP contribution in [0.2, 0.25) is 0 Å². The number of imide groups is 1. The minimum atomic E-state index is -0.456. The maximum atomic E-state index is 13.3. The lowest BCUT2D eigenvalue weighted by Gasteiger charge is -2.37. The van der Waals surface area contributed by atoms with Crippen LogP contribution < -0.4 is 10.2 Å². The number of ether oxygens (including phenoxy) is 1. The number of benzene rings is 2. The molecule has 166 valence electrons. The second-order valence-electron chi connectivity index (χ2n) is 9.24. The van der Waals surface area contributed by atoms with Gasteiger partial charge in [0.05, 0.1) is 30.2 Å². The predicted octanol–water partition coefficient (Wildman–Crippen LogP) is 3.28. The first kappa shape index (κ1) is 19.9. The quantitative estimate of drug-likeness (QED) is 0.446. The summed E-state index contributed by atoms with van der Waals surface area (Å²) < 4.78 is 4.68. The van der Waals surface area contributed by atoms with Gasteiger partial charge in [0.1, 0.15) is 0 Å². The summed E-state index contributed by atoms with van der Waals surface area (Å²) in [5.74, 6) is -0.275. The fourth-order valence-corrected chi connectivity index (χ4v) is 6.01. The van der Waals surface area contributed by atoms with Crippen molar-refractivity contribution in [2.24, 2.45) is 35.5 Å². The van der Waals surface area contributed by atoms with E-state index < -0.39 is 5.97 Å². The summed E-state index contributed by atoms with van der Waals surface area (Å²) in [5, 5.41) is 2.78. The molecule has 3 fully saturated rings. The fourth-order valence-electron chi connectivity index (χ4n) is 6.01. The number of carbonyl (C=O) groups is 4. The Kier molecular flexibility index (Phi) is 4.30. The highest BCUT2D eigenvalue weighted by Crippen LogP contribution is 2.65. The number of allylic oxidation sites excluding steroid dienone is 2. The smallest absolute Gasteiger partial charge is 0.337 e. The molecule has 2 aromatic carbocycles. The minimum absolute atomic E-state index is 0.148. The van der Waals surface area contributed by atoms with Crippen molar-refractivity contribution in [3.63, 3.8) is 0 Å². The maximum Gasteiger partial charge on any atom is 0.337 e. The Hall–Kier alpha value is -3.74. The molecule has 1 heterocycles. The number of hydrogen-bond acceptors (Lipinski definition) is 5. The van der Waals surface area contributed by atoms with Gasteiger partial charge in [-0.3, -0.25) is 14.4 Å². The summed E-state index contributed by atoms with van der Waals surface area (Å²) in [7, 11) is 1.31. The third-order valence-electron chi connectivity index (χ3n) is 7.59. The number of nitrogens with zero attached hydrogens (tertiary/aromatic N) is 1. The highest BCUT2D eigenvalue weighted by atomic mass is 16.5. The van der Waals surface area contributed by atoms with Gasteiger partial charge in [-0.1, -0.05) is 18.2 Å². The van der Waals surface area contributed by atoms with Crippen molar-refractivity contribution in [2.75, 3.05) is 17.3 Å². The van der Waals surface area contributed by atoms with E-state index in [9.17, 15) is 19.2 Å². The van der Waals surface area contributed by atoms with Crippen LogP contribution in [-0.2, 0) is 14.3 Å². The van der Waals surface area contributed by atoms with E-state index in [0.29, 0.717) is 34.3 Å². The summed E-state index contributed by atoms with van der Waals surface area (Å²) >= 11 is 0. The zero-order chi connectivity index (χ0) is 22.9. The van der Waals surface area contributed by atoms with Gasteiger partial charge in [0.2, 0.25) is 11.8 Å². The van der Waals surface area contributed by atoms with Crippen LogP contribution in [0.15, 0.2) is 60.7 Å². The molecule has 4 aliphatic carbocycles. The first-order valence-electron chi connectivity index (χ1n) is 11.1. The summed E-state index contributed by atoms with van der Waals surface area (Å²) in [6.07, 6.45) is 5.40. The molecule has 0 aromatic heterocycles. The maximum absolute atomic E-state index is 13.3. The lowest BCUT2D eigenvalue weighted by molar-refractivity contribution is -0.124. The zero-order valence-electron chi connectivity index (χ0n) is 17.9. The number of amides is 3. The summed E-state index contributed by atoms with van der Waals surface area (Å²) in [5.41, 5.74) is 1.66. The lowest BCUT2D eigenvalue weighted by atomic mass is 9.63. The molecule has 7 heteroatoms. The highest BCUT2D eigenvalue weighted by molar-refractivity contribution is 6.23. The number of carbonyl (C=O) groups excluding carboxylic acids is 4. The summed E-state index contributed by atoms with van der Waals surface area (Å²) in [6, 6.07) is 13.0. The van der Waals surface area contributed by atoms with Gasteiger partial charge >= 0.3 is 5.97 Å². The number of esters is 1. The van der Waals surface area contributed by atoms with E-state index in [1.807, 2.05) is 0 Å². The Morgan fingerprint density at radius 1 is 0.909 bits per heavy atom. The molecule has 2 bridgehead atoms. The van der Waals surface area contributed by atoms with Crippen LogP contribution in [0.1, 0.15) is 27.1 Å². The highest BCUT2D eigenvalue weighted by Gasteiger charge is 2.67. The van der Waals surface area contributed by atoms with Gasteiger partial charge in [-0.25, -0.2) is 9.69 Å². The van der Waals surface area contributed by atoms with E-state index in [-0.39, 0.29) is 41.4 Å². The van der Waals surface area contributed by atoms with E-state index in [2.05, 4.69) is 22.2 Å². The molecule has 1 aliphatic heterocycles. The van der Waals surface area contributed by atoms with Crippen molar-refractivity contribution < 1.29 is 23.9 Å². The molecule has 7 rings (SSSR count). The molecule has 0 spiro atoms. The standard InChI is InChI=1S/C26H22N2O5/c1-33-26(32)13-5-7-15(8-6-13)27-23(29)14-3-2-4-16(11-14)28-24(30)21-17-9-10-18(20-12-19(17)20)22(21)25(28)31/h2-11,17-22H,12H2,1H3,(H,27,29)/t17-,18+,19-,20-,21+,22+/m1/s1. The van der Waals surface area contributed by atoms with Gasteiger partial charge in [0.15, 0.2) is 0 Å². The normalized spacial score (nSPS) is 30.6. The molecule has 2 saturated carbocycles. The average Bonchev–Trinajstić information content (AvgIpc) is 3.62. The Bertz CT molecular complexity index is 1200. The third kappa shape index (κ3) is 2.95. The number of hydrogen-bond donors (Lipinski definition) is 1. The molecular formula is C26H22N2O5. The Morgan fingerprint density at radius 3 is 2.15 bits per heavy atom. The van der Waals surface area contributed by atoms with Crippen LogP contribution >= 0.6 is 0 Å². The molecule has 2 aromatic rings. The number of nitrogens with one attached hydrogen (secondary N) is 1. The second kappa shape index (κ2) is 7.13. The predicted molar refractivity (Wildman–Crippen MR) is 119 cm³/mol. The minimum Gasteiger partial charge on any atom is -0.465 e.